The van der Waals surface area contributed by atoms with E-state index in [4.69, 9.17) is 14.6 Å². The maximum atomic E-state index is 8.83. The fraction of sp³-hybridized carbons (Fsp3) is 0.455. The zero-order chi connectivity index (χ0) is 9.97. The van der Waals surface area contributed by atoms with Gasteiger partial charge in [-0.1, -0.05) is 6.07 Å². The SMILES string of the molecule is COc1ccc(CCO)cc1C1CO1. The first kappa shape index (κ1) is 9.49. The van der Waals surface area contributed by atoms with Crippen LogP contribution in [-0.2, 0) is 11.2 Å². The van der Waals surface area contributed by atoms with Crippen molar-refractivity contribution < 1.29 is 14.6 Å². The number of epoxide rings is 1. The van der Waals surface area contributed by atoms with E-state index in [-0.39, 0.29) is 12.7 Å². The Morgan fingerprint density at radius 2 is 2.36 bits per heavy atom. The number of methoxy groups -OCH3 is 1. The van der Waals surface area contributed by atoms with Gasteiger partial charge in [0, 0.05) is 12.2 Å². The Bertz CT molecular complexity index is 318. The fourth-order valence-electron chi connectivity index (χ4n) is 1.55. The predicted octanol–water partition coefficient (Wildman–Crippen LogP) is 1.30. The maximum Gasteiger partial charge on any atom is 0.124 e. The molecule has 76 valence electrons. The smallest absolute Gasteiger partial charge is 0.124 e. The van der Waals surface area contributed by atoms with Gasteiger partial charge in [-0.05, 0) is 24.1 Å². The van der Waals surface area contributed by atoms with Gasteiger partial charge in [0.05, 0.1) is 13.7 Å². The van der Waals surface area contributed by atoms with Crippen LogP contribution in [0.4, 0.5) is 0 Å². The second-order valence-electron chi connectivity index (χ2n) is 3.37. The number of aliphatic hydroxyl groups is 1. The van der Waals surface area contributed by atoms with E-state index in [0.29, 0.717) is 6.42 Å². The lowest BCUT2D eigenvalue weighted by Gasteiger charge is -2.08. The first-order valence-electron chi connectivity index (χ1n) is 4.74. The Balaban J connectivity index is 2.27. The summed E-state index contributed by atoms with van der Waals surface area (Å²) in [6, 6.07) is 5.95. The second-order valence-corrected chi connectivity index (χ2v) is 3.37. The van der Waals surface area contributed by atoms with Gasteiger partial charge in [0.2, 0.25) is 0 Å². The third-order valence-corrected chi connectivity index (χ3v) is 2.37. The Morgan fingerprint density at radius 3 is 2.93 bits per heavy atom. The van der Waals surface area contributed by atoms with Crippen molar-refractivity contribution in [2.45, 2.75) is 12.5 Å². The highest BCUT2D eigenvalue weighted by molar-refractivity contribution is 5.40. The molecular weight excluding hydrogens is 180 g/mol. The second kappa shape index (κ2) is 3.98. The molecule has 1 fully saturated rings. The van der Waals surface area contributed by atoms with Crippen LogP contribution in [-0.4, -0.2) is 25.4 Å². The maximum absolute atomic E-state index is 8.83. The van der Waals surface area contributed by atoms with Crippen LogP contribution in [0.3, 0.4) is 0 Å². The average Bonchev–Trinajstić information content (AvgIpc) is 3.01. The molecule has 1 heterocycles. The summed E-state index contributed by atoms with van der Waals surface area (Å²) in [7, 11) is 1.66. The van der Waals surface area contributed by atoms with Crippen molar-refractivity contribution >= 4 is 0 Å². The van der Waals surface area contributed by atoms with E-state index in [1.165, 1.54) is 0 Å². The molecule has 0 aromatic heterocycles. The fourth-order valence-corrected chi connectivity index (χ4v) is 1.55. The molecule has 1 aromatic carbocycles. The summed E-state index contributed by atoms with van der Waals surface area (Å²) in [5, 5.41) is 8.83. The minimum Gasteiger partial charge on any atom is -0.496 e. The van der Waals surface area contributed by atoms with Gasteiger partial charge in [0.15, 0.2) is 0 Å². The third-order valence-electron chi connectivity index (χ3n) is 2.37. The van der Waals surface area contributed by atoms with Crippen molar-refractivity contribution in [2.24, 2.45) is 0 Å². The molecule has 0 bridgehead atoms. The van der Waals surface area contributed by atoms with E-state index in [2.05, 4.69) is 0 Å². The molecule has 0 saturated carbocycles. The molecule has 1 aliphatic heterocycles. The van der Waals surface area contributed by atoms with E-state index in [9.17, 15) is 0 Å². The third kappa shape index (κ3) is 1.89. The summed E-state index contributed by atoms with van der Waals surface area (Å²) in [5.74, 6) is 0.870. The van der Waals surface area contributed by atoms with Crippen LogP contribution >= 0.6 is 0 Å². The van der Waals surface area contributed by atoms with Crippen LogP contribution in [0.5, 0.6) is 5.75 Å². The van der Waals surface area contributed by atoms with Crippen molar-refractivity contribution in [3.8, 4) is 5.75 Å². The molecule has 0 amide bonds. The van der Waals surface area contributed by atoms with Crippen LogP contribution in [0.1, 0.15) is 17.2 Å². The van der Waals surface area contributed by atoms with Crippen LogP contribution in [0.25, 0.3) is 0 Å². The molecule has 1 atom stereocenters. The van der Waals surface area contributed by atoms with E-state index in [1.54, 1.807) is 7.11 Å². The first-order valence-corrected chi connectivity index (χ1v) is 4.74. The van der Waals surface area contributed by atoms with Gasteiger partial charge in [0.25, 0.3) is 0 Å². The van der Waals surface area contributed by atoms with Crippen molar-refractivity contribution in [2.75, 3.05) is 20.3 Å². The standard InChI is InChI=1S/C11H14O3/c1-13-10-3-2-8(4-5-12)6-9(10)11-7-14-11/h2-3,6,11-12H,4-5,7H2,1H3. The van der Waals surface area contributed by atoms with E-state index in [0.717, 1.165) is 23.5 Å². The van der Waals surface area contributed by atoms with Gasteiger partial charge >= 0.3 is 0 Å². The zero-order valence-electron chi connectivity index (χ0n) is 8.19. The summed E-state index contributed by atoms with van der Waals surface area (Å²) < 4.78 is 10.5. The number of ether oxygens (including phenoxy) is 2. The van der Waals surface area contributed by atoms with Gasteiger partial charge in [-0.25, -0.2) is 0 Å². The molecule has 1 N–H and O–H groups in total. The topological polar surface area (TPSA) is 42.0 Å². The normalized spacial score (nSPS) is 19.4. The molecule has 2 rings (SSSR count). The molecule has 1 aliphatic rings. The van der Waals surface area contributed by atoms with Crippen molar-refractivity contribution in [3.63, 3.8) is 0 Å². The largest absolute Gasteiger partial charge is 0.496 e. The summed E-state index contributed by atoms with van der Waals surface area (Å²) in [4.78, 5) is 0. The number of benzene rings is 1. The van der Waals surface area contributed by atoms with Crippen LogP contribution in [0, 0.1) is 0 Å². The van der Waals surface area contributed by atoms with Crippen molar-refractivity contribution in [1.82, 2.24) is 0 Å². The minimum absolute atomic E-state index is 0.178. The Hall–Kier alpha value is -1.06. The van der Waals surface area contributed by atoms with Gasteiger partial charge in [-0.2, -0.15) is 0 Å². The molecule has 0 radical (unpaired) electrons. The summed E-state index contributed by atoms with van der Waals surface area (Å²) >= 11 is 0. The monoisotopic (exact) mass is 194 g/mol. The molecule has 1 unspecified atom stereocenters. The van der Waals surface area contributed by atoms with E-state index in [1.807, 2.05) is 18.2 Å². The lowest BCUT2D eigenvalue weighted by atomic mass is 10.1. The molecule has 1 aromatic rings. The molecule has 1 saturated heterocycles. The molecule has 0 aliphatic carbocycles. The number of hydrogen-bond acceptors (Lipinski definition) is 3. The van der Waals surface area contributed by atoms with E-state index < -0.39 is 0 Å². The molecule has 3 nitrogen and oxygen atoms in total. The average molecular weight is 194 g/mol. The van der Waals surface area contributed by atoms with Gasteiger partial charge in [-0.3, -0.25) is 0 Å². The van der Waals surface area contributed by atoms with Gasteiger partial charge < -0.3 is 14.6 Å². The minimum atomic E-state index is 0.178. The summed E-state index contributed by atoms with van der Waals surface area (Å²) in [6.45, 7) is 0.955. The molecule has 0 spiro atoms. The lowest BCUT2D eigenvalue weighted by molar-refractivity contribution is 0.299. The molecular formula is C11H14O3. The number of aliphatic hydroxyl groups excluding tert-OH is 1. The first-order chi connectivity index (χ1) is 6.85. The lowest BCUT2D eigenvalue weighted by Crippen LogP contribution is -1.95. The Kier molecular flexibility index (Phi) is 2.70. The van der Waals surface area contributed by atoms with Crippen molar-refractivity contribution in [1.29, 1.82) is 0 Å². The van der Waals surface area contributed by atoms with Crippen LogP contribution in [0.2, 0.25) is 0 Å². The molecule has 3 heteroatoms. The van der Waals surface area contributed by atoms with Crippen LogP contribution in [0.15, 0.2) is 18.2 Å². The Morgan fingerprint density at radius 1 is 1.57 bits per heavy atom. The number of hydrogen-bond donors (Lipinski definition) is 1. The summed E-state index contributed by atoms with van der Waals surface area (Å²) in [5.41, 5.74) is 2.22. The molecule has 14 heavy (non-hydrogen) atoms. The quantitative estimate of drug-likeness (QED) is 0.734. The van der Waals surface area contributed by atoms with Crippen molar-refractivity contribution in [3.05, 3.63) is 29.3 Å². The van der Waals surface area contributed by atoms with Gasteiger partial charge in [-0.15, -0.1) is 0 Å². The highest BCUT2D eigenvalue weighted by atomic mass is 16.6. The summed E-state index contributed by atoms with van der Waals surface area (Å²) in [6.07, 6.45) is 0.882. The van der Waals surface area contributed by atoms with E-state index >= 15 is 0 Å². The van der Waals surface area contributed by atoms with Gasteiger partial charge in [0.1, 0.15) is 11.9 Å². The highest BCUT2D eigenvalue weighted by Crippen LogP contribution is 2.36. The Labute approximate surface area is 83.3 Å². The number of rotatable bonds is 4. The zero-order valence-corrected chi connectivity index (χ0v) is 8.19. The van der Waals surface area contributed by atoms with Crippen LogP contribution < -0.4 is 4.74 Å². The highest BCUT2D eigenvalue weighted by Gasteiger charge is 2.28. The predicted molar refractivity (Wildman–Crippen MR) is 52.5 cm³/mol.